The van der Waals surface area contributed by atoms with Crippen LogP contribution in [-0.4, -0.2) is 66.0 Å². The molecule has 2 N–H and O–H groups in total. The number of likely N-dealkylation sites (tertiary alicyclic amines) is 1. The smallest absolute Gasteiger partial charge is 0.236 e. The summed E-state index contributed by atoms with van der Waals surface area (Å²) in [5.41, 5.74) is 2.15. The first-order chi connectivity index (χ1) is 11.6. The van der Waals surface area contributed by atoms with Gasteiger partial charge in [-0.25, -0.2) is 0 Å². The number of hydrogen-bond donors (Lipinski definition) is 2. The van der Waals surface area contributed by atoms with Crippen LogP contribution in [0.5, 0.6) is 0 Å². The van der Waals surface area contributed by atoms with Crippen LogP contribution >= 0.6 is 0 Å². The van der Waals surface area contributed by atoms with Gasteiger partial charge in [-0.05, 0) is 29.9 Å². The molecule has 0 bridgehead atoms. The second kappa shape index (κ2) is 7.77. The number of amides is 2. The maximum Gasteiger partial charge on any atom is 0.236 e. The van der Waals surface area contributed by atoms with E-state index in [4.69, 9.17) is 0 Å². The minimum absolute atomic E-state index is 0.00267. The van der Waals surface area contributed by atoms with Crippen molar-refractivity contribution in [3.8, 4) is 0 Å². The normalized spacial score (nSPS) is 21.8. The van der Waals surface area contributed by atoms with E-state index in [0.29, 0.717) is 25.6 Å². The Morgan fingerprint density at radius 1 is 1.29 bits per heavy atom. The number of aliphatic hydroxyl groups is 1. The van der Waals surface area contributed by atoms with Crippen LogP contribution in [0.3, 0.4) is 0 Å². The first-order valence-corrected chi connectivity index (χ1v) is 8.59. The van der Waals surface area contributed by atoms with Gasteiger partial charge >= 0.3 is 0 Å². The molecule has 0 saturated carbocycles. The first-order valence-electron chi connectivity index (χ1n) is 8.59. The van der Waals surface area contributed by atoms with Crippen molar-refractivity contribution in [1.29, 1.82) is 0 Å². The highest BCUT2D eigenvalue weighted by atomic mass is 16.3. The van der Waals surface area contributed by atoms with E-state index in [1.165, 1.54) is 5.56 Å². The van der Waals surface area contributed by atoms with Gasteiger partial charge < -0.3 is 15.3 Å². The Balaban J connectivity index is 1.49. The fraction of sp³-hybridized carbons (Fsp3) is 0.556. The zero-order valence-corrected chi connectivity index (χ0v) is 13.9. The number of nitrogens with zero attached hydrogens (tertiary/aromatic N) is 2. The van der Waals surface area contributed by atoms with Gasteiger partial charge in [-0.3, -0.25) is 14.5 Å². The molecule has 130 valence electrons. The molecule has 6 heteroatoms. The monoisotopic (exact) mass is 331 g/mol. The van der Waals surface area contributed by atoms with Crippen molar-refractivity contribution in [3.63, 3.8) is 0 Å². The summed E-state index contributed by atoms with van der Waals surface area (Å²) in [5.74, 6) is 0.584. The molecule has 0 unspecified atom stereocenters. The highest BCUT2D eigenvalue weighted by Gasteiger charge is 2.28. The van der Waals surface area contributed by atoms with Crippen molar-refractivity contribution < 1.29 is 14.7 Å². The van der Waals surface area contributed by atoms with Crippen LogP contribution in [0.15, 0.2) is 24.3 Å². The maximum atomic E-state index is 12.4. The average molecular weight is 331 g/mol. The predicted octanol–water partition coefficient (Wildman–Crippen LogP) is 0.00170. The second-order valence-electron chi connectivity index (χ2n) is 6.74. The highest BCUT2D eigenvalue weighted by Crippen LogP contribution is 2.21. The average Bonchev–Trinajstić information content (AvgIpc) is 3.04. The lowest BCUT2D eigenvalue weighted by atomic mass is 9.97. The van der Waals surface area contributed by atoms with Crippen molar-refractivity contribution in [3.05, 3.63) is 35.4 Å². The minimum atomic E-state index is -0.00267. The van der Waals surface area contributed by atoms with Crippen LogP contribution in [0.4, 0.5) is 0 Å². The number of hydrogen-bond acceptors (Lipinski definition) is 4. The van der Waals surface area contributed by atoms with Gasteiger partial charge in [0, 0.05) is 26.2 Å². The Bertz CT molecular complexity index is 605. The molecule has 1 atom stereocenters. The molecule has 2 amide bonds. The number of aliphatic hydroxyl groups excluding tert-OH is 1. The van der Waals surface area contributed by atoms with Crippen molar-refractivity contribution in [1.82, 2.24) is 15.1 Å². The second-order valence-corrected chi connectivity index (χ2v) is 6.74. The van der Waals surface area contributed by atoms with Crippen molar-refractivity contribution in [2.24, 2.45) is 5.92 Å². The summed E-state index contributed by atoms with van der Waals surface area (Å²) in [6.45, 7) is 3.65. The summed E-state index contributed by atoms with van der Waals surface area (Å²) in [7, 11) is 0. The van der Waals surface area contributed by atoms with Gasteiger partial charge in [0.25, 0.3) is 0 Å². The Morgan fingerprint density at radius 2 is 2.12 bits per heavy atom. The lowest BCUT2D eigenvalue weighted by Crippen LogP contribution is -2.51. The Labute approximate surface area is 142 Å². The third-order valence-corrected chi connectivity index (χ3v) is 4.81. The predicted molar refractivity (Wildman–Crippen MR) is 90.2 cm³/mol. The molecule has 1 aromatic carbocycles. The molecule has 0 spiro atoms. The molecule has 0 aliphatic carbocycles. The summed E-state index contributed by atoms with van der Waals surface area (Å²) in [5, 5.41) is 12.0. The van der Waals surface area contributed by atoms with E-state index in [2.05, 4.69) is 11.4 Å². The SMILES string of the molecule is O=C1CN(CC(=O)N2CC[C@@H](Cc3cccc(CO)c3)C2)CCN1. The Kier molecular flexibility index (Phi) is 5.48. The summed E-state index contributed by atoms with van der Waals surface area (Å²) < 4.78 is 0. The van der Waals surface area contributed by atoms with Gasteiger partial charge in [0.15, 0.2) is 0 Å². The van der Waals surface area contributed by atoms with Crippen molar-refractivity contribution in [2.45, 2.75) is 19.4 Å². The number of nitrogens with one attached hydrogen (secondary N) is 1. The van der Waals surface area contributed by atoms with E-state index in [-0.39, 0.29) is 18.4 Å². The van der Waals surface area contributed by atoms with Crippen LogP contribution < -0.4 is 5.32 Å². The lowest BCUT2D eigenvalue weighted by Gasteiger charge is -2.27. The Morgan fingerprint density at radius 3 is 2.92 bits per heavy atom. The van der Waals surface area contributed by atoms with Gasteiger partial charge in [0.05, 0.1) is 19.7 Å². The van der Waals surface area contributed by atoms with E-state index in [0.717, 1.165) is 38.0 Å². The van der Waals surface area contributed by atoms with E-state index >= 15 is 0 Å². The van der Waals surface area contributed by atoms with Crippen LogP contribution in [0.25, 0.3) is 0 Å². The molecule has 6 nitrogen and oxygen atoms in total. The van der Waals surface area contributed by atoms with Crippen molar-refractivity contribution in [2.75, 3.05) is 39.3 Å². The van der Waals surface area contributed by atoms with Gasteiger partial charge in [-0.15, -0.1) is 0 Å². The molecule has 2 aliphatic rings. The van der Waals surface area contributed by atoms with Gasteiger partial charge in [0.1, 0.15) is 0 Å². The van der Waals surface area contributed by atoms with Gasteiger partial charge in [0.2, 0.25) is 11.8 Å². The molecule has 0 radical (unpaired) electrons. The Hall–Kier alpha value is -1.92. The van der Waals surface area contributed by atoms with E-state index < -0.39 is 0 Å². The van der Waals surface area contributed by atoms with Crippen molar-refractivity contribution >= 4 is 11.8 Å². The third-order valence-electron chi connectivity index (χ3n) is 4.81. The van der Waals surface area contributed by atoms with Gasteiger partial charge in [-0.1, -0.05) is 24.3 Å². The number of piperazine rings is 1. The zero-order valence-electron chi connectivity index (χ0n) is 13.9. The van der Waals surface area contributed by atoms with E-state index in [9.17, 15) is 14.7 Å². The number of rotatable bonds is 5. The van der Waals surface area contributed by atoms with E-state index in [1.807, 2.05) is 28.0 Å². The summed E-state index contributed by atoms with van der Waals surface area (Å²) in [6, 6.07) is 8.01. The summed E-state index contributed by atoms with van der Waals surface area (Å²) in [4.78, 5) is 27.7. The molecule has 0 aromatic heterocycles. The summed E-state index contributed by atoms with van der Waals surface area (Å²) in [6.07, 6.45) is 1.94. The first kappa shape index (κ1) is 16.9. The minimum Gasteiger partial charge on any atom is -0.392 e. The fourth-order valence-corrected chi connectivity index (χ4v) is 3.53. The summed E-state index contributed by atoms with van der Waals surface area (Å²) >= 11 is 0. The van der Waals surface area contributed by atoms with Crippen LogP contribution in [0, 0.1) is 5.92 Å². The lowest BCUT2D eigenvalue weighted by molar-refractivity contribution is -0.133. The molecule has 24 heavy (non-hydrogen) atoms. The molecular weight excluding hydrogens is 306 g/mol. The number of carbonyl (C=O) groups is 2. The molecule has 2 saturated heterocycles. The standard InChI is InChI=1S/C18H25N3O3/c22-13-16-3-1-2-14(9-16)8-15-4-6-21(10-15)18(24)12-20-7-5-19-17(23)11-20/h1-3,9,15,22H,4-8,10-13H2,(H,19,23)/t15-/m0/s1. The molecule has 2 fully saturated rings. The topological polar surface area (TPSA) is 72.9 Å². The van der Waals surface area contributed by atoms with Crippen LogP contribution in [0.2, 0.25) is 0 Å². The van der Waals surface area contributed by atoms with Gasteiger partial charge in [-0.2, -0.15) is 0 Å². The maximum absolute atomic E-state index is 12.4. The third kappa shape index (κ3) is 4.33. The zero-order chi connectivity index (χ0) is 16.9. The molecule has 1 aromatic rings. The quantitative estimate of drug-likeness (QED) is 0.797. The molecule has 2 aliphatic heterocycles. The number of carbonyl (C=O) groups excluding carboxylic acids is 2. The molecular formula is C18H25N3O3. The largest absolute Gasteiger partial charge is 0.392 e. The molecule has 2 heterocycles. The van der Waals surface area contributed by atoms with Crippen LogP contribution in [-0.2, 0) is 22.6 Å². The highest BCUT2D eigenvalue weighted by molar-refractivity contribution is 5.82. The fourth-order valence-electron chi connectivity index (χ4n) is 3.53. The number of benzene rings is 1. The van der Waals surface area contributed by atoms with Crippen LogP contribution in [0.1, 0.15) is 17.5 Å². The molecule has 3 rings (SSSR count). The van der Waals surface area contributed by atoms with E-state index in [1.54, 1.807) is 0 Å².